The minimum Gasteiger partial charge on any atom is -0.507 e. The Morgan fingerprint density at radius 1 is 0.459 bits per heavy atom. The van der Waals surface area contributed by atoms with Gasteiger partial charge in [0.1, 0.15) is 23.4 Å². The summed E-state index contributed by atoms with van der Waals surface area (Å²) in [4.78, 5) is 49.6. The van der Waals surface area contributed by atoms with Gasteiger partial charge < -0.3 is 28.8 Å². The minimum atomic E-state index is -0.531. The molecule has 8 aliphatic carbocycles. The predicted octanol–water partition coefficient (Wildman–Crippen LogP) is 39.7. The highest BCUT2D eigenvalue weighted by molar-refractivity contribution is 5.97. The second-order valence-corrected chi connectivity index (χ2v) is 50.5. The van der Waals surface area contributed by atoms with Crippen LogP contribution in [0.4, 0.5) is 8.78 Å². The Labute approximate surface area is 890 Å². The molecule has 8 aliphatic rings. The lowest BCUT2D eigenvalue weighted by Gasteiger charge is -2.58. The van der Waals surface area contributed by atoms with Gasteiger partial charge in [0.2, 0.25) is 0 Å². The number of rotatable bonds is 46. The molecular formula is C134H210F2O10. The number of carbonyl (C=O) groups is 4. The van der Waals surface area contributed by atoms with E-state index in [-0.39, 0.29) is 58.7 Å². The fraction of sp³-hybridized carbons (Fsp3) is 0.731. The largest absolute Gasteiger partial charge is 0.507 e. The number of phenols is 1. The summed E-state index contributed by atoms with van der Waals surface area (Å²) in [5.41, 5.74) is 9.86. The monoisotopic (exact) mass is 2020 g/mol. The van der Waals surface area contributed by atoms with Crippen LogP contribution in [-0.4, -0.2) is 53.7 Å². The Kier molecular flexibility index (Phi) is 52.4. The number of esters is 3. The van der Waals surface area contributed by atoms with E-state index in [9.17, 15) is 33.1 Å². The lowest BCUT2D eigenvalue weighted by Crippen LogP contribution is -2.51. The number of halogens is 2. The van der Waals surface area contributed by atoms with Crippen LogP contribution in [-0.2, 0) is 25.1 Å². The van der Waals surface area contributed by atoms with Gasteiger partial charge in [-0.3, -0.25) is 9.59 Å². The Hall–Kier alpha value is -6.82. The zero-order valence-electron chi connectivity index (χ0n) is 96.8. The molecule has 11 atom stereocenters. The van der Waals surface area contributed by atoms with Crippen molar-refractivity contribution in [3.8, 4) is 23.0 Å². The maximum atomic E-state index is 14.8. The Morgan fingerprint density at radius 2 is 0.932 bits per heavy atom. The summed E-state index contributed by atoms with van der Waals surface area (Å²) in [5.74, 6) is 12.0. The number of hydrogen-bond donors (Lipinski definition) is 1. The molecule has 146 heavy (non-hydrogen) atoms. The van der Waals surface area contributed by atoms with E-state index in [0.717, 1.165) is 189 Å². The molecule has 5 aromatic carbocycles. The first-order valence-electron chi connectivity index (χ1n) is 60.7. The Bertz CT molecular complexity index is 4530. The molecule has 7 fully saturated rings. The van der Waals surface area contributed by atoms with Gasteiger partial charge in [0.15, 0.2) is 23.2 Å². The van der Waals surface area contributed by atoms with Gasteiger partial charge in [0.05, 0.1) is 29.9 Å². The van der Waals surface area contributed by atoms with Crippen molar-refractivity contribution >= 4 is 23.7 Å². The highest BCUT2D eigenvalue weighted by Gasteiger charge is 2.59. The van der Waals surface area contributed by atoms with Crippen molar-refractivity contribution in [1.82, 2.24) is 0 Å². The number of Topliss-reactive ketones (excluding diaryl/α,β-unsaturated/α-hetero) is 1. The molecular weight excluding hydrogens is 1810 g/mol. The van der Waals surface area contributed by atoms with Crippen molar-refractivity contribution in [2.75, 3.05) is 6.61 Å². The average Bonchev–Trinajstić information content (AvgIpc) is 1.50. The van der Waals surface area contributed by atoms with Crippen LogP contribution in [0.5, 0.6) is 23.0 Å². The van der Waals surface area contributed by atoms with E-state index in [1.807, 2.05) is 20.8 Å². The van der Waals surface area contributed by atoms with Gasteiger partial charge in [-0.05, 0) is 375 Å². The van der Waals surface area contributed by atoms with Crippen LogP contribution in [0.25, 0.3) is 0 Å². The summed E-state index contributed by atoms with van der Waals surface area (Å²) in [5, 5.41) is 10.4. The molecule has 13 rings (SSSR count). The molecule has 10 nitrogen and oxygen atoms in total. The number of hydrogen-bond acceptors (Lipinski definition) is 10. The lowest BCUT2D eigenvalue weighted by atomic mass is 9.47. The van der Waals surface area contributed by atoms with Gasteiger partial charge in [-0.1, -0.05) is 346 Å². The van der Waals surface area contributed by atoms with Crippen LogP contribution in [0, 0.1) is 106 Å². The van der Waals surface area contributed by atoms with Crippen molar-refractivity contribution in [2.45, 2.75) is 534 Å². The molecule has 7 saturated carbocycles. The first-order chi connectivity index (χ1) is 69.9. The highest BCUT2D eigenvalue weighted by Crippen LogP contribution is 2.68. The Morgan fingerprint density at radius 3 is 1.44 bits per heavy atom. The van der Waals surface area contributed by atoms with Gasteiger partial charge in [0, 0.05) is 24.3 Å². The van der Waals surface area contributed by atoms with Crippen LogP contribution < -0.4 is 14.2 Å². The molecule has 0 aromatic heterocycles. The number of aromatic hydroxyl groups is 1. The van der Waals surface area contributed by atoms with Crippen LogP contribution >= 0.6 is 0 Å². The summed E-state index contributed by atoms with van der Waals surface area (Å²) in [6, 6.07) is 29.3. The summed E-state index contributed by atoms with van der Waals surface area (Å²) >= 11 is 0. The van der Waals surface area contributed by atoms with Crippen LogP contribution in [0.15, 0.2) is 109 Å². The summed E-state index contributed by atoms with van der Waals surface area (Å²) in [7, 11) is 0. The first kappa shape index (κ1) is 123. The van der Waals surface area contributed by atoms with Crippen LogP contribution in [0.2, 0.25) is 0 Å². The number of aryl methyl sites for hydroxylation is 1. The number of ketones is 1. The molecule has 0 heterocycles. The fourth-order valence-corrected chi connectivity index (χ4v) is 27.4. The second kappa shape index (κ2) is 62.4. The molecule has 0 spiro atoms. The number of benzene rings is 5. The smallest absolute Gasteiger partial charge is 0.343 e. The summed E-state index contributed by atoms with van der Waals surface area (Å²) in [6.07, 6.45) is 68.6. The average molecular weight is 2020 g/mol. The molecule has 0 aliphatic heterocycles. The number of allylic oxidation sites excluding steroid dienone is 1. The third-order valence-corrected chi connectivity index (χ3v) is 36.6. The third-order valence-electron chi connectivity index (χ3n) is 36.6. The van der Waals surface area contributed by atoms with Crippen LogP contribution in [0.1, 0.15) is 556 Å². The zero-order valence-corrected chi connectivity index (χ0v) is 96.8. The van der Waals surface area contributed by atoms with Gasteiger partial charge in [-0.25, -0.2) is 18.4 Å². The van der Waals surface area contributed by atoms with Crippen molar-refractivity contribution in [1.29, 1.82) is 0 Å². The predicted molar refractivity (Wildman–Crippen MR) is 608 cm³/mol. The Balaban J connectivity index is 0.000000207. The van der Waals surface area contributed by atoms with Gasteiger partial charge in [0.25, 0.3) is 0 Å². The van der Waals surface area contributed by atoms with E-state index in [4.69, 9.17) is 23.7 Å². The summed E-state index contributed by atoms with van der Waals surface area (Å²) < 4.78 is 57.9. The van der Waals surface area contributed by atoms with Gasteiger partial charge in [-0.15, -0.1) is 0 Å². The topological polar surface area (TPSA) is 135 Å². The van der Waals surface area contributed by atoms with Gasteiger partial charge >= 0.3 is 17.9 Å². The number of ether oxygens (including phenoxy) is 5. The molecule has 3 unspecified atom stereocenters. The third kappa shape index (κ3) is 38.2. The minimum absolute atomic E-state index is 0.0178. The van der Waals surface area contributed by atoms with Crippen molar-refractivity contribution < 1.29 is 56.7 Å². The highest BCUT2D eigenvalue weighted by atomic mass is 19.1. The van der Waals surface area contributed by atoms with E-state index >= 15 is 0 Å². The number of phenolic OH excluding ortho intramolecular Hbond substituents is 1. The van der Waals surface area contributed by atoms with E-state index in [1.165, 1.54) is 255 Å². The van der Waals surface area contributed by atoms with Crippen molar-refractivity contribution in [2.24, 2.45) is 87.8 Å². The first-order valence-corrected chi connectivity index (χ1v) is 60.7. The standard InChI is InChI=1S/C36H62O2.C29H46F2O.C28H38O5.C26H40O.C15H24O/c1-7-8-9-10-11-12-16-34(37)38-29-21-23-35(5)28(25-29)17-18-30-32-20-19-31(27(4)15-13-14-26(2)3)36(32,6)24-22-33(30)35;1-4-6-7-8-10-21(3)32-29-27(30)19-26(20-28(29)31)25-17-15-24(16-18-25)23-13-11-22(9-5-2)12-14-23;1-4-6-8-10-12-22(3)32-27(29)23-15-19-26(20-16-23)33-28(30)24-13-17-25(18-14-24)31-21-11-9-7-5-2;1-4-6-20-7-9-21(10-8-20)22-11-13-23(14-12-22)24-15-17-25(18-16-24)26(27)19(3)5-2;1-10-8-11(14(2,3)4)13(16)12(9-10)15(5,6)7/h17,26-27,29-33H,7-16,18-25H2,1-6H3;19-25H,4-18H2,1-3H3;13-20,22H,4-12,21H2,1-3H3;15-23H,4-14H2,1-3H3;8-9,16H,1-7H3/t27-,29+,30+,31-,32+,33+,35+,36-;;;;/m1..../s1. The number of fused-ring (bicyclic) bond motifs is 5. The van der Waals surface area contributed by atoms with Gasteiger partial charge in [-0.2, -0.15) is 0 Å². The van der Waals surface area contributed by atoms with E-state index in [0.29, 0.717) is 58.2 Å². The van der Waals surface area contributed by atoms with E-state index < -0.39 is 17.6 Å². The molecule has 5 aromatic rings. The van der Waals surface area contributed by atoms with Crippen LogP contribution in [0.3, 0.4) is 0 Å². The molecule has 0 saturated heterocycles. The molecule has 12 heteroatoms. The summed E-state index contributed by atoms with van der Waals surface area (Å²) in [6.45, 7) is 49.6. The maximum Gasteiger partial charge on any atom is 0.343 e. The molecule has 0 bridgehead atoms. The lowest BCUT2D eigenvalue weighted by molar-refractivity contribution is -0.151. The van der Waals surface area contributed by atoms with Crippen molar-refractivity contribution in [3.63, 3.8) is 0 Å². The normalized spacial score (nSPS) is 25.3. The zero-order chi connectivity index (χ0) is 106. The molecule has 820 valence electrons. The quantitative estimate of drug-likeness (QED) is 0.0132. The second-order valence-electron chi connectivity index (χ2n) is 50.5. The molecule has 1 N–H and O–H groups in total. The van der Waals surface area contributed by atoms with Crippen molar-refractivity contribution in [3.05, 3.63) is 165 Å². The van der Waals surface area contributed by atoms with E-state index in [2.05, 4.69) is 174 Å². The SMILES string of the molecule is CCCC1CCC(C2CCC(c3ccc(C(=O)C(C)CC)cc3)CC2)CC1.CCCCCCC(C)Oc1c(F)cc(C2CCC(C3CCC(CCC)CC3)CC2)cc1F.CCCCCCCCC(=O)O[C@H]1CC[C@@]2(C)C(=CC[C@H]3[C@@H]4CC[C@H]([C@H](C)CCCC(C)C)[C@@]4(C)CC[C@@H]32)C1.CCCCCCOc1ccc(C(=O)Oc2ccc(C(=O)OC(C)CCCCCC)cc2)cc1.Cc1cc(C(C)(C)C)c(O)c(C(C)(C)C)c1. The number of carbonyl (C=O) groups excluding carboxylic acids is 4. The maximum absolute atomic E-state index is 14.8. The molecule has 0 radical (unpaired) electrons. The number of unbranched alkanes of at least 4 members (excludes halogenated alkanes) is 14. The fourth-order valence-electron chi connectivity index (χ4n) is 27.4. The van der Waals surface area contributed by atoms with E-state index in [1.54, 1.807) is 66.2 Å². The molecule has 0 amide bonds.